The van der Waals surface area contributed by atoms with Crippen molar-refractivity contribution in [2.24, 2.45) is 0 Å². The van der Waals surface area contributed by atoms with E-state index in [-0.39, 0.29) is 6.03 Å². The number of carbonyl (C=O) groups excluding carboxylic acids is 1. The molecular weight excluding hydrogens is 366 g/mol. The number of halogens is 1. The molecule has 0 radical (unpaired) electrons. The summed E-state index contributed by atoms with van der Waals surface area (Å²) in [4.78, 5) is 16.7. The Balaban J connectivity index is 1.59. The number of piperazine rings is 1. The zero-order valence-corrected chi connectivity index (χ0v) is 15.4. The Morgan fingerprint density at radius 2 is 1.83 bits per heavy atom. The first kappa shape index (κ1) is 16.8. The first-order valence-corrected chi connectivity index (χ1v) is 9.11. The van der Waals surface area contributed by atoms with Crippen LogP contribution in [-0.4, -0.2) is 37.1 Å². The average molecular weight is 388 g/mol. The van der Waals surface area contributed by atoms with E-state index in [0.717, 1.165) is 42.8 Å². The van der Waals surface area contributed by atoms with Crippen molar-refractivity contribution >= 4 is 33.3 Å². The second-order valence-electron chi connectivity index (χ2n) is 5.89. The van der Waals surface area contributed by atoms with Crippen LogP contribution in [-0.2, 0) is 6.42 Å². The number of hydrogen-bond acceptors (Lipinski definition) is 2. The Morgan fingerprint density at radius 1 is 1.08 bits per heavy atom. The van der Waals surface area contributed by atoms with Crippen LogP contribution in [0.15, 0.2) is 53.0 Å². The van der Waals surface area contributed by atoms with Crippen LogP contribution in [0.3, 0.4) is 0 Å². The average Bonchev–Trinajstić information content (AvgIpc) is 2.62. The van der Waals surface area contributed by atoms with Crippen molar-refractivity contribution in [3.05, 3.63) is 58.6 Å². The maximum Gasteiger partial charge on any atom is 0.321 e. The third-order valence-electron chi connectivity index (χ3n) is 4.38. The Morgan fingerprint density at radius 3 is 2.54 bits per heavy atom. The van der Waals surface area contributed by atoms with Gasteiger partial charge in [-0.2, -0.15) is 0 Å². The van der Waals surface area contributed by atoms with Crippen molar-refractivity contribution in [2.45, 2.75) is 13.3 Å². The molecule has 0 spiro atoms. The van der Waals surface area contributed by atoms with E-state index in [2.05, 4.69) is 51.3 Å². The van der Waals surface area contributed by atoms with Crippen LogP contribution >= 0.6 is 15.9 Å². The van der Waals surface area contributed by atoms with Gasteiger partial charge in [-0.1, -0.05) is 47.1 Å². The predicted molar refractivity (Wildman–Crippen MR) is 103 cm³/mol. The van der Waals surface area contributed by atoms with Gasteiger partial charge in [-0.3, -0.25) is 0 Å². The molecular formula is C19H22BrN3O. The Kier molecular flexibility index (Phi) is 5.41. The molecule has 0 unspecified atom stereocenters. The molecule has 126 valence electrons. The number of aryl methyl sites for hydroxylation is 1. The number of anilines is 2. The van der Waals surface area contributed by atoms with Gasteiger partial charge in [-0.05, 0) is 36.2 Å². The van der Waals surface area contributed by atoms with Gasteiger partial charge in [-0.15, -0.1) is 0 Å². The Labute approximate surface area is 151 Å². The highest BCUT2D eigenvalue weighted by Gasteiger charge is 2.21. The van der Waals surface area contributed by atoms with E-state index in [9.17, 15) is 4.79 Å². The molecule has 1 saturated heterocycles. The van der Waals surface area contributed by atoms with E-state index in [4.69, 9.17) is 0 Å². The molecule has 0 bridgehead atoms. The summed E-state index contributed by atoms with van der Waals surface area (Å²) in [5.41, 5.74) is 3.28. The molecule has 4 nitrogen and oxygen atoms in total. The van der Waals surface area contributed by atoms with Crippen LogP contribution in [0.1, 0.15) is 12.5 Å². The lowest BCUT2D eigenvalue weighted by Crippen LogP contribution is -2.50. The number of amides is 2. The summed E-state index contributed by atoms with van der Waals surface area (Å²) in [5.74, 6) is 0. The molecule has 5 heteroatoms. The molecule has 1 N–H and O–H groups in total. The first-order chi connectivity index (χ1) is 11.7. The van der Waals surface area contributed by atoms with Crippen molar-refractivity contribution in [3.63, 3.8) is 0 Å². The summed E-state index contributed by atoms with van der Waals surface area (Å²) >= 11 is 3.51. The molecule has 0 atom stereocenters. The smallest absolute Gasteiger partial charge is 0.321 e. The van der Waals surface area contributed by atoms with Gasteiger partial charge < -0.3 is 15.1 Å². The van der Waals surface area contributed by atoms with E-state index in [0.29, 0.717) is 0 Å². The van der Waals surface area contributed by atoms with Crippen LogP contribution in [0.2, 0.25) is 0 Å². The molecule has 1 heterocycles. The number of hydrogen-bond donors (Lipinski definition) is 1. The number of urea groups is 1. The van der Waals surface area contributed by atoms with Gasteiger partial charge >= 0.3 is 6.03 Å². The van der Waals surface area contributed by atoms with Gasteiger partial charge in [0.05, 0.1) is 0 Å². The maximum atomic E-state index is 12.5. The van der Waals surface area contributed by atoms with Crippen molar-refractivity contribution < 1.29 is 4.79 Å². The molecule has 1 aliphatic rings. The van der Waals surface area contributed by atoms with Gasteiger partial charge in [0.2, 0.25) is 0 Å². The summed E-state index contributed by atoms with van der Waals surface area (Å²) in [5, 5.41) is 3.06. The maximum absolute atomic E-state index is 12.5. The van der Waals surface area contributed by atoms with Crippen LogP contribution in [0.4, 0.5) is 16.2 Å². The Hall–Kier alpha value is -2.01. The SMILES string of the molecule is CCc1ccccc1NC(=O)N1CCN(c2cccc(Br)c2)CC1. The van der Waals surface area contributed by atoms with Gasteiger partial charge in [0.1, 0.15) is 0 Å². The third kappa shape index (κ3) is 3.90. The minimum Gasteiger partial charge on any atom is -0.368 e. The summed E-state index contributed by atoms with van der Waals surface area (Å²) in [6, 6.07) is 16.3. The lowest BCUT2D eigenvalue weighted by atomic mass is 10.1. The number of rotatable bonds is 3. The van der Waals surface area contributed by atoms with Crippen LogP contribution in [0, 0.1) is 0 Å². The fourth-order valence-corrected chi connectivity index (χ4v) is 3.37. The van der Waals surface area contributed by atoms with Crippen LogP contribution < -0.4 is 10.2 Å². The topological polar surface area (TPSA) is 35.6 Å². The van der Waals surface area contributed by atoms with Crippen LogP contribution in [0.5, 0.6) is 0 Å². The highest BCUT2D eigenvalue weighted by Crippen LogP contribution is 2.22. The number of para-hydroxylation sites is 1. The zero-order chi connectivity index (χ0) is 16.9. The fourth-order valence-electron chi connectivity index (χ4n) is 2.99. The normalized spacial score (nSPS) is 14.6. The summed E-state index contributed by atoms with van der Waals surface area (Å²) in [6.07, 6.45) is 0.910. The molecule has 24 heavy (non-hydrogen) atoms. The summed E-state index contributed by atoms with van der Waals surface area (Å²) in [7, 11) is 0. The second kappa shape index (κ2) is 7.71. The number of benzene rings is 2. The zero-order valence-electron chi connectivity index (χ0n) is 13.8. The number of nitrogens with zero attached hydrogens (tertiary/aromatic N) is 2. The van der Waals surface area contributed by atoms with Gasteiger partial charge in [0.25, 0.3) is 0 Å². The number of carbonyl (C=O) groups is 1. The lowest BCUT2D eigenvalue weighted by molar-refractivity contribution is 0.208. The first-order valence-electron chi connectivity index (χ1n) is 8.31. The van der Waals surface area contributed by atoms with Crippen molar-refractivity contribution in [2.75, 3.05) is 36.4 Å². The van der Waals surface area contributed by atoms with Gasteiger partial charge in [0, 0.05) is 42.0 Å². The summed E-state index contributed by atoms with van der Waals surface area (Å²) in [6.45, 7) is 5.25. The molecule has 0 aromatic heterocycles. The van der Waals surface area contributed by atoms with E-state index in [1.54, 1.807) is 0 Å². The highest BCUT2D eigenvalue weighted by molar-refractivity contribution is 9.10. The minimum absolute atomic E-state index is 0.00945. The fraction of sp³-hybridized carbons (Fsp3) is 0.316. The lowest BCUT2D eigenvalue weighted by Gasteiger charge is -2.36. The molecule has 2 aromatic carbocycles. The summed E-state index contributed by atoms with van der Waals surface area (Å²) < 4.78 is 1.08. The molecule has 1 aliphatic heterocycles. The van der Waals surface area contributed by atoms with Crippen molar-refractivity contribution in [1.29, 1.82) is 0 Å². The second-order valence-corrected chi connectivity index (χ2v) is 6.81. The van der Waals surface area contributed by atoms with E-state index in [1.165, 1.54) is 11.3 Å². The largest absolute Gasteiger partial charge is 0.368 e. The minimum atomic E-state index is -0.00945. The number of nitrogens with one attached hydrogen (secondary N) is 1. The highest BCUT2D eigenvalue weighted by atomic mass is 79.9. The van der Waals surface area contributed by atoms with Gasteiger partial charge in [0.15, 0.2) is 0 Å². The predicted octanol–water partition coefficient (Wildman–Crippen LogP) is 4.37. The molecule has 2 aromatic rings. The molecule has 3 rings (SSSR count). The third-order valence-corrected chi connectivity index (χ3v) is 4.87. The molecule has 1 fully saturated rings. The Bertz CT molecular complexity index is 711. The standard InChI is InChI=1S/C19H22BrN3O/c1-2-15-6-3-4-9-18(15)21-19(24)23-12-10-22(11-13-23)17-8-5-7-16(20)14-17/h3-9,14H,2,10-13H2,1H3,(H,21,24). The van der Waals surface area contributed by atoms with E-state index in [1.807, 2.05) is 35.2 Å². The van der Waals surface area contributed by atoms with Crippen molar-refractivity contribution in [3.8, 4) is 0 Å². The van der Waals surface area contributed by atoms with E-state index >= 15 is 0 Å². The molecule has 2 amide bonds. The monoisotopic (exact) mass is 387 g/mol. The molecule has 0 aliphatic carbocycles. The van der Waals surface area contributed by atoms with Crippen LogP contribution in [0.25, 0.3) is 0 Å². The molecule has 0 saturated carbocycles. The van der Waals surface area contributed by atoms with Crippen molar-refractivity contribution in [1.82, 2.24) is 4.90 Å². The quantitative estimate of drug-likeness (QED) is 0.848. The van der Waals surface area contributed by atoms with E-state index < -0.39 is 0 Å². The van der Waals surface area contributed by atoms with Gasteiger partial charge in [-0.25, -0.2) is 4.79 Å².